The first-order chi connectivity index (χ1) is 11.2. The fourth-order valence-electron chi connectivity index (χ4n) is 4.18. The highest BCUT2D eigenvalue weighted by Crippen LogP contribution is 2.39. The number of benzene rings is 1. The van der Waals surface area contributed by atoms with E-state index in [0.29, 0.717) is 35.8 Å². The van der Waals surface area contributed by atoms with Crippen molar-refractivity contribution >= 4 is 18.3 Å². The van der Waals surface area contributed by atoms with Crippen LogP contribution in [-0.2, 0) is 0 Å². The third kappa shape index (κ3) is 4.11. The Morgan fingerprint density at radius 2 is 1.96 bits per heavy atom. The van der Waals surface area contributed by atoms with Crippen LogP contribution in [0.15, 0.2) is 36.9 Å². The molecule has 2 aliphatic rings. The number of carbonyl (C=O) groups is 1. The fraction of sp³-hybridized carbons (Fsp3) is 0.526. The van der Waals surface area contributed by atoms with Crippen LogP contribution in [0.1, 0.15) is 42.5 Å². The van der Waals surface area contributed by atoms with E-state index in [4.69, 9.17) is 10.5 Å². The Bertz CT molecular complexity index is 564. The normalized spacial score (nSPS) is 28.4. The number of hydrogen-bond donors (Lipinski definition) is 2. The third-order valence-corrected chi connectivity index (χ3v) is 5.16. The predicted octanol–water partition coefficient (Wildman–Crippen LogP) is 3.31. The van der Waals surface area contributed by atoms with Crippen molar-refractivity contribution in [2.45, 2.75) is 44.2 Å². The van der Waals surface area contributed by atoms with Crippen LogP contribution in [0.2, 0.25) is 0 Å². The van der Waals surface area contributed by atoms with E-state index in [1.54, 1.807) is 6.08 Å². The lowest BCUT2D eigenvalue weighted by Gasteiger charge is -2.45. The molecule has 2 unspecified atom stereocenters. The van der Waals surface area contributed by atoms with Gasteiger partial charge in [-0.15, -0.1) is 12.4 Å². The SMILES string of the molecule is C=CCOc1ccccc1C(=O)NC1C2CCCC1CC(N)C2.Cl. The van der Waals surface area contributed by atoms with Gasteiger partial charge >= 0.3 is 0 Å². The second-order valence-corrected chi connectivity index (χ2v) is 6.78. The van der Waals surface area contributed by atoms with E-state index in [9.17, 15) is 4.79 Å². The Kier molecular flexibility index (Phi) is 6.69. The van der Waals surface area contributed by atoms with Crippen LogP contribution in [-0.4, -0.2) is 24.6 Å². The number of nitrogens with one attached hydrogen (secondary N) is 1. The number of rotatable bonds is 5. The molecule has 4 nitrogen and oxygen atoms in total. The summed E-state index contributed by atoms with van der Waals surface area (Å²) in [6.07, 6.45) is 7.33. The molecule has 0 saturated heterocycles. The molecule has 3 N–H and O–H groups in total. The second-order valence-electron chi connectivity index (χ2n) is 6.78. The van der Waals surface area contributed by atoms with E-state index >= 15 is 0 Å². The number of para-hydroxylation sites is 1. The van der Waals surface area contributed by atoms with E-state index in [-0.39, 0.29) is 24.4 Å². The smallest absolute Gasteiger partial charge is 0.255 e. The summed E-state index contributed by atoms with van der Waals surface area (Å²) >= 11 is 0. The zero-order chi connectivity index (χ0) is 16.2. The quantitative estimate of drug-likeness (QED) is 0.801. The molecule has 2 fully saturated rings. The number of ether oxygens (including phenoxy) is 1. The predicted molar refractivity (Wildman–Crippen MR) is 98.7 cm³/mol. The maximum Gasteiger partial charge on any atom is 0.255 e. The lowest BCUT2D eigenvalue weighted by atomic mass is 9.67. The maximum absolute atomic E-state index is 12.8. The minimum absolute atomic E-state index is 0. The average Bonchev–Trinajstić information content (AvgIpc) is 2.54. The van der Waals surface area contributed by atoms with Crippen LogP contribution < -0.4 is 15.8 Å². The summed E-state index contributed by atoms with van der Waals surface area (Å²) in [5.41, 5.74) is 6.77. The first kappa shape index (κ1) is 18.8. The molecule has 24 heavy (non-hydrogen) atoms. The van der Waals surface area contributed by atoms with Crippen LogP contribution in [0.3, 0.4) is 0 Å². The summed E-state index contributed by atoms with van der Waals surface area (Å²) in [5, 5.41) is 3.27. The molecule has 2 bridgehead atoms. The molecule has 132 valence electrons. The van der Waals surface area contributed by atoms with Crippen molar-refractivity contribution < 1.29 is 9.53 Å². The highest BCUT2D eigenvalue weighted by Gasteiger charge is 2.40. The largest absolute Gasteiger partial charge is 0.489 e. The van der Waals surface area contributed by atoms with Gasteiger partial charge in [0, 0.05) is 12.1 Å². The van der Waals surface area contributed by atoms with Crippen molar-refractivity contribution in [1.82, 2.24) is 5.32 Å². The molecule has 2 atom stereocenters. The van der Waals surface area contributed by atoms with E-state index in [1.165, 1.54) is 19.3 Å². The molecule has 0 heterocycles. The standard InChI is InChI=1S/C19H26N2O2.ClH/c1-2-10-23-17-9-4-3-8-16(17)19(22)21-18-13-6-5-7-14(18)12-15(20)11-13;/h2-4,8-9,13-15,18H,1,5-7,10-12,20H2,(H,21,22);1H. The Morgan fingerprint density at radius 3 is 2.62 bits per heavy atom. The number of hydrogen-bond acceptors (Lipinski definition) is 3. The molecule has 0 aliphatic heterocycles. The molecule has 2 aliphatic carbocycles. The van der Waals surface area contributed by atoms with Crippen molar-refractivity contribution in [3.63, 3.8) is 0 Å². The second kappa shape index (κ2) is 8.54. The number of amides is 1. The highest BCUT2D eigenvalue weighted by atomic mass is 35.5. The molecule has 1 aromatic carbocycles. The van der Waals surface area contributed by atoms with Crippen molar-refractivity contribution in [3.8, 4) is 5.75 Å². The van der Waals surface area contributed by atoms with Gasteiger partial charge in [0.2, 0.25) is 0 Å². The summed E-state index contributed by atoms with van der Waals surface area (Å²) in [4.78, 5) is 12.8. The topological polar surface area (TPSA) is 64.3 Å². The monoisotopic (exact) mass is 350 g/mol. The zero-order valence-corrected chi connectivity index (χ0v) is 14.8. The summed E-state index contributed by atoms with van der Waals surface area (Å²) in [6, 6.07) is 7.94. The minimum atomic E-state index is -0.0398. The van der Waals surface area contributed by atoms with Crippen molar-refractivity contribution in [2.75, 3.05) is 6.61 Å². The Balaban J connectivity index is 0.00000208. The van der Waals surface area contributed by atoms with Gasteiger partial charge in [0.1, 0.15) is 12.4 Å². The van der Waals surface area contributed by atoms with E-state index in [0.717, 1.165) is 12.8 Å². The van der Waals surface area contributed by atoms with Crippen molar-refractivity contribution in [1.29, 1.82) is 0 Å². The average molecular weight is 351 g/mol. The number of halogens is 1. The van der Waals surface area contributed by atoms with Crippen LogP contribution in [0.4, 0.5) is 0 Å². The summed E-state index contributed by atoms with van der Waals surface area (Å²) in [6.45, 7) is 4.05. The number of nitrogens with two attached hydrogens (primary N) is 1. The fourth-order valence-corrected chi connectivity index (χ4v) is 4.18. The van der Waals surface area contributed by atoms with Crippen molar-refractivity contribution in [2.24, 2.45) is 17.6 Å². The molecular formula is C19H27ClN2O2. The van der Waals surface area contributed by atoms with Gasteiger partial charge in [0.05, 0.1) is 5.56 Å². The minimum Gasteiger partial charge on any atom is -0.489 e. The molecule has 1 aromatic rings. The van der Waals surface area contributed by atoms with Gasteiger partial charge in [-0.25, -0.2) is 0 Å². The molecule has 5 heteroatoms. The lowest BCUT2D eigenvalue weighted by molar-refractivity contribution is 0.0753. The van der Waals surface area contributed by atoms with Crippen LogP contribution in [0.25, 0.3) is 0 Å². The molecule has 2 saturated carbocycles. The molecule has 0 spiro atoms. The summed E-state index contributed by atoms with van der Waals surface area (Å²) in [5.74, 6) is 1.61. The van der Waals surface area contributed by atoms with Gasteiger partial charge in [0.15, 0.2) is 0 Å². The molecular weight excluding hydrogens is 324 g/mol. The molecule has 3 rings (SSSR count). The molecule has 0 radical (unpaired) electrons. The maximum atomic E-state index is 12.8. The molecule has 0 aromatic heterocycles. The Morgan fingerprint density at radius 1 is 1.29 bits per heavy atom. The number of carbonyl (C=O) groups excluding carboxylic acids is 1. The van der Waals surface area contributed by atoms with Crippen molar-refractivity contribution in [3.05, 3.63) is 42.5 Å². The van der Waals surface area contributed by atoms with Crippen LogP contribution in [0.5, 0.6) is 5.75 Å². The van der Waals surface area contributed by atoms with Gasteiger partial charge in [-0.3, -0.25) is 4.79 Å². The molecule has 1 amide bonds. The third-order valence-electron chi connectivity index (χ3n) is 5.16. The van der Waals surface area contributed by atoms with Crippen LogP contribution in [0, 0.1) is 11.8 Å². The Hall–Kier alpha value is -1.52. The van der Waals surface area contributed by atoms with E-state index < -0.39 is 0 Å². The highest BCUT2D eigenvalue weighted by molar-refractivity contribution is 5.97. The van der Waals surface area contributed by atoms with Gasteiger partial charge in [0.25, 0.3) is 5.91 Å². The van der Waals surface area contributed by atoms with Gasteiger partial charge in [-0.2, -0.15) is 0 Å². The van der Waals surface area contributed by atoms with Gasteiger partial charge in [-0.05, 0) is 49.7 Å². The first-order valence-corrected chi connectivity index (χ1v) is 8.58. The zero-order valence-electron chi connectivity index (χ0n) is 13.9. The summed E-state index contributed by atoms with van der Waals surface area (Å²) < 4.78 is 5.61. The van der Waals surface area contributed by atoms with E-state index in [2.05, 4.69) is 11.9 Å². The van der Waals surface area contributed by atoms with Gasteiger partial charge < -0.3 is 15.8 Å². The lowest BCUT2D eigenvalue weighted by Crippen LogP contribution is -2.53. The first-order valence-electron chi connectivity index (χ1n) is 8.58. The van der Waals surface area contributed by atoms with E-state index in [1.807, 2.05) is 24.3 Å². The summed E-state index contributed by atoms with van der Waals surface area (Å²) in [7, 11) is 0. The van der Waals surface area contributed by atoms with Gasteiger partial charge in [-0.1, -0.05) is 31.2 Å². The number of fused-ring (bicyclic) bond motifs is 2. The Labute approximate surface area is 150 Å². The van der Waals surface area contributed by atoms with Crippen LogP contribution >= 0.6 is 12.4 Å².